The van der Waals surface area contributed by atoms with Gasteiger partial charge >= 0.3 is 0 Å². The van der Waals surface area contributed by atoms with Crippen LogP contribution in [0.15, 0.2) is 29.4 Å². The normalized spacial score (nSPS) is 10.3. The molecule has 2 aromatic rings. The highest BCUT2D eigenvalue weighted by Gasteiger charge is 2.10. The number of nitrogens with zero attached hydrogens (tertiary/aromatic N) is 4. The second kappa shape index (κ2) is 4.31. The molecule has 0 radical (unpaired) electrons. The van der Waals surface area contributed by atoms with Crippen molar-refractivity contribution in [3.05, 3.63) is 24.3 Å². The van der Waals surface area contributed by atoms with Gasteiger partial charge in [0.2, 0.25) is 5.16 Å². The quantitative estimate of drug-likeness (QED) is 0.735. The summed E-state index contributed by atoms with van der Waals surface area (Å²) in [5.41, 5.74) is 0.842. The topological polar surface area (TPSA) is 52.8 Å². The summed E-state index contributed by atoms with van der Waals surface area (Å²) in [6, 6.07) is 7.62. The van der Waals surface area contributed by atoms with Gasteiger partial charge in [-0.3, -0.25) is 0 Å². The van der Waals surface area contributed by atoms with Gasteiger partial charge in [-0.05, 0) is 28.8 Å². The summed E-state index contributed by atoms with van der Waals surface area (Å²) < 4.78 is 6.90. The molecule has 0 spiro atoms. The van der Waals surface area contributed by atoms with Gasteiger partial charge in [0, 0.05) is 0 Å². The SMILES string of the molecule is COc1ccccc1-n1nnnc1SC. The van der Waals surface area contributed by atoms with Crippen LogP contribution in [0.4, 0.5) is 0 Å². The van der Waals surface area contributed by atoms with Crippen molar-refractivity contribution in [2.24, 2.45) is 0 Å². The standard InChI is InChI=1S/C9H10N4OS/c1-14-8-6-4-3-5-7(8)13-9(15-2)10-11-12-13/h3-6H,1-2H3. The largest absolute Gasteiger partial charge is 0.494 e. The van der Waals surface area contributed by atoms with Crippen molar-refractivity contribution in [2.45, 2.75) is 5.16 Å². The van der Waals surface area contributed by atoms with Gasteiger partial charge in [0.25, 0.3) is 0 Å². The van der Waals surface area contributed by atoms with Crippen molar-refractivity contribution >= 4 is 11.8 Å². The number of hydrogen-bond donors (Lipinski definition) is 0. The molecule has 0 aliphatic rings. The summed E-state index contributed by atoms with van der Waals surface area (Å²) in [5.74, 6) is 0.750. The number of ether oxygens (including phenoxy) is 1. The van der Waals surface area contributed by atoms with Gasteiger partial charge < -0.3 is 4.74 Å². The molecule has 0 amide bonds. The molecular formula is C9H10N4OS. The molecule has 0 fully saturated rings. The van der Waals surface area contributed by atoms with E-state index in [4.69, 9.17) is 4.74 Å². The highest BCUT2D eigenvalue weighted by Crippen LogP contribution is 2.24. The molecule has 1 aromatic heterocycles. The minimum Gasteiger partial charge on any atom is -0.494 e. The van der Waals surface area contributed by atoms with Crippen molar-refractivity contribution in [1.82, 2.24) is 20.2 Å². The minimum absolute atomic E-state index is 0.736. The first kappa shape index (κ1) is 9.97. The molecule has 1 aromatic carbocycles. The fourth-order valence-corrected chi connectivity index (χ4v) is 1.69. The summed E-state index contributed by atoms with van der Waals surface area (Å²) in [7, 11) is 1.63. The van der Waals surface area contributed by atoms with E-state index in [9.17, 15) is 0 Å². The maximum atomic E-state index is 5.24. The van der Waals surface area contributed by atoms with E-state index in [0.29, 0.717) is 0 Å². The third kappa shape index (κ3) is 1.80. The van der Waals surface area contributed by atoms with E-state index in [1.165, 1.54) is 11.8 Å². The number of rotatable bonds is 3. The predicted molar refractivity (Wildman–Crippen MR) is 57.5 cm³/mol. The van der Waals surface area contributed by atoms with Gasteiger partial charge in [0.05, 0.1) is 7.11 Å². The molecule has 1 heterocycles. The lowest BCUT2D eigenvalue weighted by Gasteiger charge is -2.07. The van der Waals surface area contributed by atoms with Gasteiger partial charge in [-0.1, -0.05) is 23.9 Å². The number of hydrogen-bond acceptors (Lipinski definition) is 5. The van der Waals surface area contributed by atoms with Gasteiger partial charge in [-0.2, -0.15) is 4.68 Å². The maximum Gasteiger partial charge on any atom is 0.213 e. The Kier molecular flexibility index (Phi) is 2.86. The number of para-hydroxylation sites is 2. The fourth-order valence-electron chi connectivity index (χ4n) is 1.26. The van der Waals surface area contributed by atoms with E-state index in [0.717, 1.165) is 16.6 Å². The van der Waals surface area contributed by atoms with Gasteiger partial charge in [0.1, 0.15) is 11.4 Å². The van der Waals surface area contributed by atoms with E-state index in [-0.39, 0.29) is 0 Å². The van der Waals surface area contributed by atoms with Crippen molar-refractivity contribution in [3.8, 4) is 11.4 Å². The monoisotopic (exact) mass is 222 g/mol. The Bertz CT molecular complexity index is 457. The summed E-state index contributed by atoms with van der Waals surface area (Å²) in [6.45, 7) is 0. The molecule has 2 rings (SSSR count). The zero-order valence-corrected chi connectivity index (χ0v) is 9.23. The molecule has 0 saturated heterocycles. The van der Waals surface area contributed by atoms with Crippen LogP contribution < -0.4 is 4.74 Å². The average Bonchev–Trinajstić information content (AvgIpc) is 2.76. The Morgan fingerprint density at radius 3 is 2.87 bits per heavy atom. The van der Waals surface area contributed by atoms with Gasteiger partial charge in [-0.15, -0.1) is 5.10 Å². The molecule has 5 nitrogen and oxygen atoms in total. The molecule has 0 atom stereocenters. The molecule has 6 heteroatoms. The third-order valence-corrected chi connectivity index (χ3v) is 2.56. The average molecular weight is 222 g/mol. The maximum absolute atomic E-state index is 5.24. The lowest BCUT2D eigenvalue weighted by Crippen LogP contribution is -2.01. The first-order chi connectivity index (χ1) is 7.36. The molecule has 78 valence electrons. The van der Waals surface area contributed by atoms with Crippen LogP contribution >= 0.6 is 11.8 Å². The second-order valence-corrected chi connectivity index (χ2v) is 3.52. The number of methoxy groups -OCH3 is 1. The zero-order chi connectivity index (χ0) is 10.7. The third-order valence-electron chi connectivity index (χ3n) is 1.94. The zero-order valence-electron chi connectivity index (χ0n) is 8.41. The Hall–Kier alpha value is -1.56. The molecule has 0 unspecified atom stereocenters. The van der Waals surface area contributed by atoms with E-state index in [1.807, 2.05) is 30.5 Å². The smallest absolute Gasteiger partial charge is 0.213 e. The van der Waals surface area contributed by atoms with Crippen LogP contribution in [0.3, 0.4) is 0 Å². The van der Waals surface area contributed by atoms with Crippen molar-refractivity contribution in [2.75, 3.05) is 13.4 Å². The van der Waals surface area contributed by atoms with Crippen LogP contribution in [0, 0.1) is 0 Å². The molecule has 0 saturated carbocycles. The van der Waals surface area contributed by atoms with Crippen LogP contribution in [0.1, 0.15) is 0 Å². The number of aromatic nitrogens is 4. The van der Waals surface area contributed by atoms with Crippen LogP contribution in [-0.4, -0.2) is 33.6 Å². The van der Waals surface area contributed by atoms with Gasteiger partial charge in [-0.25, -0.2) is 0 Å². The first-order valence-electron chi connectivity index (χ1n) is 4.32. The van der Waals surface area contributed by atoms with Crippen molar-refractivity contribution < 1.29 is 4.74 Å². The minimum atomic E-state index is 0.736. The summed E-state index contributed by atoms with van der Waals surface area (Å²) in [6.07, 6.45) is 1.93. The Morgan fingerprint density at radius 2 is 2.13 bits per heavy atom. The number of tetrazole rings is 1. The molecular weight excluding hydrogens is 212 g/mol. The van der Waals surface area contributed by atoms with Crippen LogP contribution in [0.5, 0.6) is 5.75 Å². The van der Waals surface area contributed by atoms with Crippen LogP contribution in [-0.2, 0) is 0 Å². The summed E-state index contributed by atoms with van der Waals surface area (Å²) >= 11 is 1.49. The summed E-state index contributed by atoms with van der Waals surface area (Å²) in [4.78, 5) is 0. The number of benzene rings is 1. The lowest BCUT2D eigenvalue weighted by atomic mass is 10.3. The van der Waals surface area contributed by atoms with E-state index >= 15 is 0 Å². The van der Waals surface area contributed by atoms with Crippen molar-refractivity contribution in [1.29, 1.82) is 0 Å². The first-order valence-corrected chi connectivity index (χ1v) is 5.55. The van der Waals surface area contributed by atoms with Crippen LogP contribution in [0.25, 0.3) is 5.69 Å². The Morgan fingerprint density at radius 1 is 1.33 bits per heavy atom. The van der Waals surface area contributed by atoms with Gasteiger partial charge in [0.15, 0.2) is 0 Å². The molecule has 0 aliphatic heterocycles. The van der Waals surface area contributed by atoms with E-state index < -0.39 is 0 Å². The summed E-state index contributed by atoms with van der Waals surface area (Å²) in [5, 5.41) is 12.2. The van der Waals surface area contributed by atoms with E-state index in [2.05, 4.69) is 15.5 Å². The number of thioether (sulfide) groups is 1. The van der Waals surface area contributed by atoms with Crippen molar-refractivity contribution in [3.63, 3.8) is 0 Å². The lowest BCUT2D eigenvalue weighted by molar-refractivity contribution is 0.410. The molecule has 0 aliphatic carbocycles. The highest BCUT2D eigenvalue weighted by molar-refractivity contribution is 7.98. The van der Waals surface area contributed by atoms with Crippen LogP contribution in [0.2, 0.25) is 0 Å². The predicted octanol–water partition coefficient (Wildman–Crippen LogP) is 1.39. The molecule has 0 N–H and O–H groups in total. The highest BCUT2D eigenvalue weighted by atomic mass is 32.2. The fraction of sp³-hybridized carbons (Fsp3) is 0.222. The molecule has 0 bridgehead atoms. The Balaban J connectivity index is 2.53. The van der Waals surface area contributed by atoms with E-state index in [1.54, 1.807) is 11.8 Å². The second-order valence-electron chi connectivity index (χ2n) is 2.75. The molecule has 15 heavy (non-hydrogen) atoms. The Labute approximate surface area is 91.4 Å².